The second-order valence-electron chi connectivity index (χ2n) is 0.448. The van der Waals surface area contributed by atoms with Crippen LogP contribution in [-0.4, -0.2) is 27.6 Å². The number of rotatable bonds is 0. The molecule has 0 atom stereocenters. The second kappa shape index (κ2) is 2.25. The first kappa shape index (κ1) is 9.40. The molecule has 0 spiro atoms. The van der Waals surface area contributed by atoms with Crippen molar-refractivity contribution in [1.29, 1.82) is 0 Å². The quantitative estimate of drug-likeness (QED) is 0.315. The Morgan fingerprint density at radius 1 is 1.33 bits per heavy atom. The molecule has 0 unspecified atom stereocenters. The molecule has 0 aliphatic heterocycles. The van der Waals surface area contributed by atoms with Gasteiger partial charge in [0.2, 0.25) is 0 Å². The van der Waals surface area contributed by atoms with E-state index in [-0.39, 0.29) is 13.0 Å². The molecule has 0 rings (SSSR count). The Kier molecular flexibility index (Phi) is 3.53. The van der Waals surface area contributed by atoms with Gasteiger partial charge < -0.3 is 2.85 Å². The van der Waals surface area contributed by atoms with Crippen LogP contribution < -0.4 is 0 Å². The van der Waals surface area contributed by atoms with E-state index in [4.69, 9.17) is 17.5 Å². The second-order valence-corrected chi connectivity index (χ2v) is 1.34. The first-order valence-corrected chi connectivity index (χ1v) is 2.10. The average molecular weight is 109 g/mol. The van der Waals surface area contributed by atoms with Crippen molar-refractivity contribution in [3.8, 4) is 0 Å². The molecule has 2 N–H and O–H groups in total. The molecule has 6 heteroatoms. The van der Waals surface area contributed by atoms with Gasteiger partial charge >= 0.3 is 20.5 Å². The van der Waals surface area contributed by atoms with Crippen molar-refractivity contribution in [3.05, 3.63) is 0 Å². The predicted molar refractivity (Wildman–Crippen MR) is 22.2 cm³/mol. The van der Waals surface area contributed by atoms with Gasteiger partial charge in [0.15, 0.2) is 0 Å². The van der Waals surface area contributed by atoms with Crippen LogP contribution in [0.15, 0.2) is 0 Å². The summed E-state index contributed by atoms with van der Waals surface area (Å²) in [5, 5.41) is 0. The molecular weight excluding hydrogens is 105 g/mol. The van der Waals surface area contributed by atoms with E-state index in [2.05, 4.69) is 0 Å². The number of hydrogen-bond donors (Lipinski definition) is 2. The number of hydrogen-bond acceptors (Lipinski definition) is 2. The van der Waals surface area contributed by atoms with Gasteiger partial charge in [-0.05, 0) is 0 Å². The summed E-state index contributed by atoms with van der Waals surface area (Å²) in [6.45, 7) is 0. The molecule has 0 aromatic heterocycles. The predicted octanol–water partition coefficient (Wildman–Crippen LogP) is -0.809. The minimum absolute atomic E-state index is 0. The van der Waals surface area contributed by atoms with E-state index in [9.17, 15) is 0 Å². The molecule has 0 amide bonds. The Labute approximate surface area is 41.9 Å². The summed E-state index contributed by atoms with van der Waals surface area (Å²) < 4.78 is 31.6. The van der Waals surface area contributed by atoms with Crippen LogP contribution in [0, 0.1) is 0 Å². The van der Waals surface area contributed by atoms with Gasteiger partial charge in [0, 0.05) is 0 Å². The van der Waals surface area contributed by atoms with Crippen molar-refractivity contribution in [2.24, 2.45) is 0 Å². The Morgan fingerprint density at radius 3 is 1.33 bits per heavy atom. The average Bonchev–Trinajstić information content (AvgIpc) is 0.722. The van der Waals surface area contributed by atoms with Gasteiger partial charge in [0.05, 0.1) is 0 Å². The van der Waals surface area contributed by atoms with E-state index < -0.39 is 10.4 Å². The summed E-state index contributed by atoms with van der Waals surface area (Å²) in [6.07, 6.45) is 0. The molecule has 0 saturated carbocycles. The van der Waals surface area contributed by atoms with Gasteiger partial charge in [-0.25, -0.2) is 0 Å². The minimum Gasteiger partial charge on any atom is -1.00 e. The molecule has 0 aliphatic rings. The Morgan fingerprint density at radius 2 is 1.33 bits per heavy atom. The zero-order chi connectivity index (χ0) is 4.50. The molecule has 0 heterocycles. The third-order valence-electron chi connectivity index (χ3n) is 0. The topological polar surface area (TPSA) is 74.6 Å². The summed E-state index contributed by atoms with van der Waals surface area (Å²) in [4.78, 5) is 0. The molecule has 4 nitrogen and oxygen atoms in total. The zero-order valence-corrected chi connectivity index (χ0v) is 3.64. The monoisotopic (exact) mass is 109 g/mol. The van der Waals surface area contributed by atoms with E-state index in [1.165, 1.54) is 0 Å². The Hall–Kier alpha value is 0.0388. The van der Waals surface area contributed by atoms with Gasteiger partial charge in [0.25, 0.3) is 0 Å². The fourth-order valence-corrected chi connectivity index (χ4v) is 0. The van der Waals surface area contributed by atoms with Gasteiger partial charge in [0.1, 0.15) is 0 Å². The molecule has 0 fully saturated rings. The molecule has 0 saturated heterocycles. The largest absolute Gasteiger partial charge is 2.00 e. The van der Waals surface area contributed by atoms with Crippen molar-refractivity contribution < 1.29 is 20.4 Å². The summed E-state index contributed by atoms with van der Waals surface area (Å²) >= 11 is 0. The molecule has 0 aromatic rings. The maximum absolute atomic E-state index is 8.74. The van der Waals surface area contributed by atoms with Gasteiger partial charge in [-0.2, -0.15) is 8.42 Å². The summed E-state index contributed by atoms with van der Waals surface area (Å²) in [6, 6.07) is 0. The van der Waals surface area contributed by atoms with Gasteiger partial charge in [-0.3, -0.25) is 9.11 Å². The standard InChI is InChI=1S/Be.H2O4S.2H/c;1-5(2,3)4;;/h;(H2,1,2,3,4);;/q+2;;2*-1. The minimum atomic E-state index is -4.67. The van der Waals surface area contributed by atoms with Crippen LogP contribution in [0.4, 0.5) is 0 Å². The van der Waals surface area contributed by atoms with E-state index in [1.54, 1.807) is 0 Å². The van der Waals surface area contributed by atoms with E-state index in [1.807, 2.05) is 0 Å². The van der Waals surface area contributed by atoms with Crippen LogP contribution in [0.5, 0.6) is 0 Å². The van der Waals surface area contributed by atoms with E-state index in [0.29, 0.717) is 0 Å². The molecular formula is H4BeO4S. The van der Waals surface area contributed by atoms with Crippen LogP contribution >= 0.6 is 0 Å². The Bertz CT molecular complexity index is 97.2. The zero-order valence-electron chi connectivity index (χ0n) is 4.83. The van der Waals surface area contributed by atoms with Crippen molar-refractivity contribution in [1.82, 2.24) is 0 Å². The molecule has 0 aromatic carbocycles. The molecule has 0 bridgehead atoms. The molecule has 0 aliphatic carbocycles. The van der Waals surface area contributed by atoms with Crippen LogP contribution in [0.2, 0.25) is 0 Å². The first-order chi connectivity index (χ1) is 2.00. The van der Waals surface area contributed by atoms with Crippen molar-refractivity contribution in [3.63, 3.8) is 0 Å². The Balaban J connectivity index is -0.0000000267. The SMILES string of the molecule is O=S(=O)(O)O.[Be+2].[H-].[H-]. The maximum Gasteiger partial charge on any atom is 2.00 e. The third-order valence-corrected chi connectivity index (χ3v) is 0. The van der Waals surface area contributed by atoms with Crippen molar-refractivity contribution in [2.45, 2.75) is 0 Å². The molecule has 0 radical (unpaired) electrons. The summed E-state index contributed by atoms with van der Waals surface area (Å²) in [5.74, 6) is 0. The normalized spacial score (nSPS) is 9.67. The van der Waals surface area contributed by atoms with Crippen molar-refractivity contribution >= 4 is 20.5 Å². The van der Waals surface area contributed by atoms with Crippen LogP contribution in [0.1, 0.15) is 2.85 Å². The van der Waals surface area contributed by atoms with Crippen molar-refractivity contribution in [2.75, 3.05) is 0 Å². The van der Waals surface area contributed by atoms with E-state index in [0.717, 1.165) is 0 Å². The summed E-state index contributed by atoms with van der Waals surface area (Å²) in [5.41, 5.74) is 0. The fraction of sp³-hybridized carbons (Fsp3) is 0. The van der Waals surface area contributed by atoms with Crippen LogP contribution in [-0.2, 0) is 10.4 Å². The fourth-order valence-electron chi connectivity index (χ4n) is 0. The summed E-state index contributed by atoms with van der Waals surface area (Å²) in [7, 11) is -4.67. The maximum atomic E-state index is 8.74. The molecule has 6 heavy (non-hydrogen) atoms. The third kappa shape index (κ3) is 24700. The van der Waals surface area contributed by atoms with Gasteiger partial charge in [-0.15, -0.1) is 0 Å². The molecule has 36 valence electrons. The van der Waals surface area contributed by atoms with Gasteiger partial charge in [-0.1, -0.05) is 0 Å². The van der Waals surface area contributed by atoms with Crippen LogP contribution in [0.3, 0.4) is 0 Å². The van der Waals surface area contributed by atoms with E-state index >= 15 is 0 Å². The smallest absolute Gasteiger partial charge is 1.00 e. The van der Waals surface area contributed by atoms with Crippen LogP contribution in [0.25, 0.3) is 0 Å². The first-order valence-electron chi connectivity index (χ1n) is 0.698.